The summed E-state index contributed by atoms with van der Waals surface area (Å²) in [5, 5.41) is 32.3. The third-order valence-electron chi connectivity index (χ3n) is 2.79. The Morgan fingerprint density at radius 1 is 1.24 bits per heavy atom. The number of phenols is 1. The van der Waals surface area contributed by atoms with Gasteiger partial charge in [0.25, 0.3) is 0 Å². The zero-order valence-corrected chi connectivity index (χ0v) is 10.6. The van der Waals surface area contributed by atoms with Gasteiger partial charge in [0.15, 0.2) is 5.75 Å². The molecule has 0 aromatic heterocycles. The molecule has 0 unspecified atom stereocenters. The normalized spacial score (nSPS) is 10.1. The van der Waals surface area contributed by atoms with Crippen molar-refractivity contribution in [2.45, 2.75) is 0 Å². The van der Waals surface area contributed by atoms with Crippen LogP contribution in [0.15, 0.2) is 36.4 Å². The van der Waals surface area contributed by atoms with Gasteiger partial charge in [0.2, 0.25) is 0 Å². The Bertz CT molecular complexity index is 730. The van der Waals surface area contributed by atoms with Crippen LogP contribution in [0, 0.1) is 10.1 Å². The van der Waals surface area contributed by atoms with Crippen molar-refractivity contribution >= 4 is 28.7 Å². The Balaban J connectivity index is 2.57. The summed E-state index contributed by atoms with van der Waals surface area (Å²) in [5.74, 6) is -1.76. The van der Waals surface area contributed by atoms with Gasteiger partial charge in [-0.05, 0) is 24.3 Å². The minimum Gasteiger partial charge on any atom is -0.502 e. The number of nitrogens with zero attached hydrogens (tertiary/aromatic N) is 1. The van der Waals surface area contributed by atoms with E-state index >= 15 is 0 Å². The van der Waals surface area contributed by atoms with E-state index in [1.54, 1.807) is 6.07 Å². The highest BCUT2D eigenvalue weighted by molar-refractivity contribution is 5.97. The van der Waals surface area contributed by atoms with E-state index in [1.807, 2.05) is 0 Å². The van der Waals surface area contributed by atoms with Crippen molar-refractivity contribution in [1.82, 2.24) is 0 Å². The lowest BCUT2D eigenvalue weighted by molar-refractivity contribution is -0.384. The number of hydrogen-bond donors (Lipinski definition) is 4. The quantitative estimate of drug-likeness (QED) is 0.293. The zero-order chi connectivity index (χ0) is 15.6. The molecule has 0 saturated heterocycles. The Kier molecular flexibility index (Phi) is 3.61. The number of nitrogen functional groups attached to an aromatic ring is 1. The predicted octanol–water partition coefficient (Wildman–Crippen LogP) is 2.32. The SMILES string of the molecule is Nc1ccc(O)c([N+](=O)[O-])c1Nc1ccccc1C(=O)O. The number of nitro benzene ring substituents is 1. The minimum atomic E-state index is -1.19. The largest absolute Gasteiger partial charge is 0.502 e. The van der Waals surface area contributed by atoms with Crippen molar-refractivity contribution in [2.24, 2.45) is 0 Å². The maximum absolute atomic E-state index is 11.1. The number of rotatable bonds is 4. The van der Waals surface area contributed by atoms with Gasteiger partial charge in [-0.15, -0.1) is 0 Å². The van der Waals surface area contributed by atoms with E-state index < -0.39 is 22.3 Å². The Labute approximate surface area is 118 Å². The lowest BCUT2D eigenvalue weighted by Gasteiger charge is -2.12. The molecule has 0 amide bonds. The number of aromatic hydroxyl groups is 1. The number of nitrogens with two attached hydrogens (primary N) is 1. The molecule has 108 valence electrons. The lowest BCUT2D eigenvalue weighted by atomic mass is 10.1. The van der Waals surface area contributed by atoms with Gasteiger partial charge >= 0.3 is 11.7 Å². The van der Waals surface area contributed by atoms with E-state index in [-0.39, 0.29) is 22.6 Å². The van der Waals surface area contributed by atoms with Gasteiger partial charge in [0.1, 0.15) is 5.69 Å². The van der Waals surface area contributed by atoms with Crippen LogP contribution < -0.4 is 11.1 Å². The molecule has 2 aromatic rings. The third kappa shape index (κ3) is 2.68. The van der Waals surface area contributed by atoms with Gasteiger partial charge in [0, 0.05) is 0 Å². The summed E-state index contributed by atoms with van der Waals surface area (Å²) >= 11 is 0. The second kappa shape index (κ2) is 5.37. The van der Waals surface area contributed by atoms with Crippen LogP contribution in [0.4, 0.5) is 22.7 Å². The van der Waals surface area contributed by atoms with Crippen molar-refractivity contribution in [2.75, 3.05) is 11.1 Å². The van der Waals surface area contributed by atoms with Gasteiger partial charge in [-0.25, -0.2) is 4.79 Å². The molecule has 0 bridgehead atoms. The molecule has 0 aliphatic carbocycles. The number of phenolic OH excluding ortho intramolecular Hbond substituents is 1. The van der Waals surface area contributed by atoms with Crippen LogP contribution >= 0.6 is 0 Å². The van der Waals surface area contributed by atoms with Crippen LogP contribution in [0.5, 0.6) is 5.75 Å². The molecule has 0 atom stereocenters. The molecule has 0 radical (unpaired) electrons. The molecule has 0 aliphatic rings. The van der Waals surface area contributed by atoms with Gasteiger partial charge in [-0.1, -0.05) is 12.1 Å². The molecule has 5 N–H and O–H groups in total. The molecule has 2 aromatic carbocycles. The number of hydrogen-bond acceptors (Lipinski definition) is 6. The summed E-state index contributed by atoms with van der Waals surface area (Å²) in [4.78, 5) is 21.4. The minimum absolute atomic E-state index is 0.0136. The van der Waals surface area contributed by atoms with Crippen molar-refractivity contribution < 1.29 is 19.9 Å². The van der Waals surface area contributed by atoms with Gasteiger partial charge in [-0.2, -0.15) is 0 Å². The molecule has 8 nitrogen and oxygen atoms in total. The summed E-state index contributed by atoms with van der Waals surface area (Å²) in [6.07, 6.45) is 0. The van der Waals surface area contributed by atoms with Crippen LogP contribution in [0.1, 0.15) is 10.4 Å². The first-order valence-electron chi connectivity index (χ1n) is 5.77. The molecular weight excluding hydrogens is 278 g/mol. The predicted molar refractivity (Wildman–Crippen MR) is 75.9 cm³/mol. The Hall–Kier alpha value is -3.29. The first-order valence-corrected chi connectivity index (χ1v) is 5.77. The van der Waals surface area contributed by atoms with E-state index in [1.165, 1.54) is 24.3 Å². The van der Waals surface area contributed by atoms with Crippen molar-refractivity contribution in [1.29, 1.82) is 0 Å². The molecule has 8 heteroatoms. The van der Waals surface area contributed by atoms with Crippen LogP contribution in [0.3, 0.4) is 0 Å². The fraction of sp³-hybridized carbons (Fsp3) is 0. The van der Waals surface area contributed by atoms with Gasteiger partial charge in [0.05, 0.1) is 21.9 Å². The van der Waals surface area contributed by atoms with E-state index in [0.717, 1.165) is 6.07 Å². The maximum Gasteiger partial charge on any atom is 0.337 e. The molecule has 0 aliphatic heterocycles. The highest BCUT2D eigenvalue weighted by atomic mass is 16.6. The maximum atomic E-state index is 11.1. The highest BCUT2D eigenvalue weighted by Gasteiger charge is 2.23. The third-order valence-corrected chi connectivity index (χ3v) is 2.79. The number of para-hydroxylation sites is 1. The van der Waals surface area contributed by atoms with Crippen LogP contribution in [0.2, 0.25) is 0 Å². The number of nitrogens with one attached hydrogen (secondary N) is 1. The molecule has 0 saturated carbocycles. The molecule has 21 heavy (non-hydrogen) atoms. The molecule has 2 rings (SSSR count). The van der Waals surface area contributed by atoms with E-state index in [0.29, 0.717) is 0 Å². The number of benzene rings is 2. The van der Waals surface area contributed by atoms with Crippen molar-refractivity contribution in [3.8, 4) is 5.75 Å². The smallest absolute Gasteiger partial charge is 0.337 e. The first kappa shape index (κ1) is 14.1. The van der Waals surface area contributed by atoms with Crippen molar-refractivity contribution in [3.05, 3.63) is 52.1 Å². The number of carboxylic acid groups (broad SMARTS) is 1. The first-order chi connectivity index (χ1) is 9.91. The van der Waals surface area contributed by atoms with E-state index in [9.17, 15) is 20.0 Å². The highest BCUT2D eigenvalue weighted by Crippen LogP contribution is 2.40. The molecule has 0 heterocycles. The number of aromatic carboxylic acids is 1. The number of carbonyl (C=O) groups is 1. The van der Waals surface area contributed by atoms with Gasteiger partial charge in [-0.3, -0.25) is 10.1 Å². The van der Waals surface area contributed by atoms with Crippen molar-refractivity contribution in [3.63, 3.8) is 0 Å². The topological polar surface area (TPSA) is 139 Å². The molecular formula is C13H11N3O5. The van der Waals surface area contributed by atoms with Crippen LogP contribution in [0.25, 0.3) is 0 Å². The standard InChI is InChI=1S/C13H11N3O5/c14-8-5-6-10(17)12(16(20)21)11(8)15-9-4-2-1-3-7(9)13(18)19/h1-6,15,17H,14H2,(H,18,19). The lowest BCUT2D eigenvalue weighted by Crippen LogP contribution is -2.06. The van der Waals surface area contributed by atoms with Crippen LogP contribution in [-0.4, -0.2) is 21.1 Å². The zero-order valence-electron chi connectivity index (χ0n) is 10.6. The summed E-state index contributed by atoms with van der Waals surface area (Å²) in [7, 11) is 0. The summed E-state index contributed by atoms with van der Waals surface area (Å²) in [6.45, 7) is 0. The van der Waals surface area contributed by atoms with Gasteiger partial charge < -0.3 is 21.3 Å². The summed E-state index contributed by atoms with van der Waals surface area (Å²) in [6, 6.07) is 8.26. The second-order valence-corrected chi connectivity index (χ2v) is 4.13. The Morgan fingerprint density at radius 2 is 1.90 bits per heavy atom. The number of nitro groups is 1. The average molecular weight is 289 g/mol. The average Bonchev–Trinajstić information content (AvgIpc) is 2.43. The number of carboxylic acids is 1. The summed E-state index contributed by atoms with van der Waals surface area (Å²) in [5.41, 5.74) is 4.97. The van der Waals surface area contributed by atoms with E-state index in [4.69, 9.17) is 10.8 Å². The molecule has 0 fully saturated rings. The fourth-order valence-electron chi connectivity index (χ4n) is 1.83. The second-order valence-electron chi connectivity index (χ2n) is 4.13. The van der Waals surface area contributed by atoms with E-state index in [2.05, 4.69) is 5.32 Å². The molecule has 0 spiro atoms. The Morgan fingerprint density at radius 3 is 2.52 bits per heavy atom. The van der Waals surface area contributed by atoms with Crippen LogP contribution in [-0.2, 0) is 0 Å². The number of anilines is 3. The monoisotopic (exact) mass is 289 g/mol. The summed E-state index contributed by atoms with van der Waals surface area (Å²) < 4.78 is 0. The fourth-order valence-corrected chi connectivity index (χ4v) is 1.83.